The van der Waals surface area contributed by atoms with Crippen LogP contribution >= 0.6 is 0 Å². The van der Waals surface area contributed by atoms with Crippen LogP contribution in [-0.4, -0.2) is 107 Å². The summed E-state index contributed by atoms with van der Waals surface area (Å²) < 4.78 is 43.0. The lowest BCUT2D eigenvalue weighted by Crippen LogP contribution is -2.81. The highest BCUT2D eigenvalue weighted by molar-refractivity contribution is 5.95. The predicted octanol–water partition coefficient (Wildman–Crippen LogP) is 4.98. The van der Waals surface area contributed by atoms with Crippen molar-refractivity contribution in [3.8, 4) is 0 Å². The largest absolute Gasteiger partial charge is 0.509 e. The molecule has 0 aromatic heterocycles. The van der Waals surface area contributed by atoms with Crippen LogP contribution in [0.3, 0.4) is 0 Å². The van der Waals surface area contributed by atoms with Gasteiger partial charge in [-0.05, 0) is 53.3 Å². The summed E-state index contributed by atoms with van der Waals surface area (Å²) in [6.07, 6.45) is -7.77. The molecule has 2 aliphatic heterocycles. The van der Waals surface area contributed by atoms with Crippen LogP contribution in [0.1, 0.15) is 80.6 Å². The molecule has 67 heavy (non-hydrogen) atoms. The molecule has 3 fully saturated rings. The molecule has 2 saturated carbocycles. The molecule has 1 saturated heterocycles. The number of esters is 3. The number of fused-ring (bicyclic) bond motifs is 9. The summed E-state index contributed by atoms with van der Waals surface area (Å²) in [5.74, 6) is -7.09. The quantitative estimate of drug-likeness (QED) is 0.169. The first-order valence-corrected chi connectivity index (χ1v) is 22.4. The van der Waals surface area contributed by atoms with Gasteiger partial charge in [0, 0.05) is 31.2 Å². The maximum absolute atomic E-state index is 15.4. The van der Waals surface area contributed by atoms with Gasteiger partial charge in [0.1, 0.15) is 30.5 Å². The van der Waals surface area contributed by atoms with E-state index >= 15 is 4.79 Å². The first-order valence-electron chi connectivity index (χ1n) is 22.4. The van der Waals surface area contributed by atoms with Crippen molar-refractivity contribution in [1.82, 2.24) is 5.32 Å². The summed E-state index contributed by atoms with van der Waals surface area (Å²) in [7, 11) is 0. The minimum atomic E-state index is -2.62. The molecule has 16 nitrogen and oxygen atoms in total. The van der Waals surface area contributed by atoms with Crippen molar-refractivity contribution in [2.75, 3.05) is 13.2 Å². The lowest BCUT2D eigenvalue weighted by Gasteiger charge is -2.65. The number of hydrogen-bond acceptors (Lipinski definition) is 15. The third-order valence-electron chi connectivity index (χ3n) is 14.0. The van der Waals surface area contributed by atoms with Crippen molar-refractivity contribution in [2.24, 2.45) is 17.3 Å². The number of hydrogen-bond donors (Lipinski definition) is 3. The Labute approximate surface area is 387 Å². The van der Waals surface area contributed by atoms with Crippen LogP contribution in [-0.2, 0) is 65.4 Å². The normalized spacial score (nSPS) is 33.0. The van der Waals surface area contributed by atoms with Crippen LogP contribution in [0, 0.1) is 17.3 Å². The summed E-state index contributed by atoms with van der Waals surface area (Å²) in [4.78, 5) is 84.4. The average Bonchev–Trinajstić information content (AvgIpc) is 3.28. The van der Waals surface area contributed by atoms with Gasteiger partial charge in [0.05, 0.1) is 43.6 Å². The SMILES string of the molecule is CC(=O)OC1C(=O)C2C(O)CC3OCC3(OC(C)=O)C2C(OC(=O)OCc2ccccc2)C2(O)C3OC/C=C/Cc4cccc(c4)C(=O)NC(c4ccccc4)CC(=O)OC3C(C)=C1C2(C)C. The Hall–Kier alpha value is -6.20. The van der Waals surface area contributed by atoms with Crippen molar-refractivity contribution in [3.63, 3.8) is 0 Å². The lowest BCUT2D eigenvalue weighted by atomic mass is 9.48. The number of carbonyl (C=O) groups excluding carboxylic acids is 6. The van der Waals surface area contributed by atoms with Gasteiger partial charge in [0.25, 0.3) is 5.91 Å². The molecule has 11 atom stereocenters. The van der Waals surface area contributed by atoms with Crippen LogP contribution < -0.4 is 5.32 Å². The Balaban J connectivity index is 1.34. The molecule has 1 amide bonds. The number of Topliss-reactive ketones (excluding diaryl/α,β-unsaturated/α-hetero) is 1. The third kappa shape index (κ3) is 8.79. The van der Waals surface area contributed by atoms with E-state index in [0.717, 1.165) is 19.4 Å². The van der Waals surface area contributed by atoms with Crippen LogP contribution in [0.2, 0.25) is 0 Å². The first-order chi connectivity index (χ1) is 32.0. The maximum atomic E-state index is 15.4. The summed E-state index contributed by atoms with van der Waals surface area (Å²) in [5.41, 5.74) is -3.72. The van der Waals surface area contributed by atoms with Crippen molar-refractivity contribution in [1.29, 1.82) is 0 Å². The van der Waals surface area contributed by atoms with E-state index in [1.165, 1.54) is 0 Å². The molecule has 2 heterocycles. The number of carbonyl (C=O) groups is 6. The van der Waals surface area contributed by atoms with Crippen molar-refractivity contribution >= 4 is 35.8 Å². The predicted molar refractivity (Wildman–Crippen MR) is 236 cm³/mol. The molecule has 0 spiro atoms. The molecule has 8 rings (SSSR count). The lowest BCUT2D eigenvalue weighted by molar-refractivity contribution is -0.341. The Morgan fingerprint density at radius 1 is 0.881 bits per heavy atom. The van der Waals surface area contributed by atoms with Gasteiger partial charge in [-0.3, -0.25) is 24.0 Å². The van der Waals surface area contributed by atoms with Crippen LogP contribution in [0.5, 0.6) is 0 Å². The third-order valence-corrected chi connectivity index (χ3v) is 14.0. The fraction of sp³-hybridized carbons (Fsp3) is 0.451. The molecule has 3 aliphatic carbocycles. The maximum Gasteiger partial charge on any atom is 0.509 e. The zero-order valence-corrected chi connectivity index (χ0v) is 37.9. The molecule has 11 unspecified atom stereocenters. The monoisotopic (exact) mass is 921 g/mol. The van der Waals surface area contributed by atoms with E-state index in [-0.39, 0.29) is 37.4 Å². The van der Waals surface area contributed by atoms with Gasteiger partial charge < -0.3 is 48.7 Å². The van der Waals surface area contributed by atoms with E-state index in [1.807, 2.05) is 6.07 Å². The summed E-state index contributed by atoms with van der Waals surface area (Å²) in [6, 6.07) is 23.6. The average molecular weight is 922 g/mol. The highest BCUT2D eigenvalue weighted by atomic mass is 16.7. The van der Waals surface area contributed by atoms with E-state index in [0.29, 0.717) is 23.1 Å². The number of ketones is 1. The minimum Gasteiger partial charge on any atom is -0.455 e. The molecule has 3 aromatic carbocycles. The topological polar surface area (TPSA) is 220 Å². The molecule has 3 N–H and O–H groups in total. The zero-order chi connectivity index (χ0) is 47.8. The molecular weight excluding hydrogens is 867 g/mol. The summed E-state index contributed by atoms with van der Waals surface area (Å²) in [5, 5.41) is 29.2. The fourth-order valence-corrected chi connectivity index (χ4v) is 10.9. The van der Waals surface area contributed by atoms with Crippen molar-refractivity contribution < 1.29 is 72.1 Å². The smallest absolute Gasteiger partial charge is 0.455 e. The number of allylic oxidation sites excluding steroid dienone is 1. The second-order valence-electron chi connectivity index (χ2n) is 18.4. The van der Waals surface area contributed by atoms with Crippen molar-refractivity contribution in [2.45, 2.75) is 114 Å². The van der Waals surface area contributed by atoms with E-state index in [9.17, 15) is 34.2 Å². The Bertz CT molecular complexity index is 2470. The Kier molecular flexibility index (Phi) is 13.3. The first kappa shape index (κ1) is 47.3. The fourth-order valence-electron chi connectivity index (χ4n) is 10.9. The molecule has 16 heteroatoms. The van der Waals surface area contributed by atoms with Gasteiger partial charge in [0.2, 0.25) is 0 Å². The number of ether oxygens (including phenoxy) is 7. The van der Waals surface area contributed by atoms with E-state index < -0.39 is 113 Å². The van der Waals surface area contributed by atoms with E-state index in [4.69, 9.17) is 33.2 Å². The second-order valence-corrected chi connectivity index (χ2v) is 18.4. The molecular formula is C51H55NO15. The highest BCUT2D eigenvalue weighted by Crippen LogP contribution is 2.61. The number of nitrogens with one attached hydrogen (secondary N) is 1. The summed E-state index contributed by atoms with van der Waals surface area (Å²) >= 11 is 0. The standard InChI is InChI=1S/C51H55NO15/c1-28-40-44(64-29(2)53)42(57)39-36(55)25-37-50(27-63-37,67-30(3)54)41(39)45(66-48(59)62-26-32-16-8-6-9-17-32)51(60,49(40,4)5)46-43(28)65-38(56)24-35(33-19-10-7-11-20-33)52-47(58)34-21-14-18-31(23-34)15-12-13-22-61-46/h6-14,16-21,23,35-37,39,41,43-46,55,60H,15,22,24-27H2,1-5H3,(H,52,58)/b13-12+. The molecule has 3 aromatic rings. The van der Waals surface area contributed by atoms with Gasteiger partial charge >= 0.3 is 24.1 Å². The molecule has 4 bridgehead atoms. The van der Waals surface area contributed by atoms with Crippen LogP contribution in [0.15, 0.2) is 108 Å². The number of aliphatic hydroxyl groups excluding tert-OH is 1. The zero-order valence-electron chi connectivity index (χ0n) is 37.9. The second kappa shape index (κ2) is 18.8. The van der Waals surface area contributed by atoms with Gasteiger partial charge in [-0.2, -0.15) is 0 Å². The van der Waals surface area contributed by atoms with Gasteiger partial charge in [0.15, 0.2) is 23.6 Å². The molecule has 354 valence electrons. The number of benzene rings is 3. The van der Waals surface area contributed by atoms with E-state index in [1.54, 1.807) is 112 Å². The number of rotatable bonds is 6. The minimum absolute atomic E-state index is 0.00498. The highest BCUT2D eigenvalue weighted by Gasteiger charge is 2.77. The number of aliphatic hydroxyl groups is 2. The van der Waals surface area contributed by atoms with E-state index in [2.05, 4.69) is 5.32 Å². The Morgan fingerprint density at radius 2 is 1.60 bits per heavy atom. The van der Waals surface area contributed by atoms with Crippen LogP contribution in [0.4, 0.5) is 4.79 Å². The van der Waals surface area contributed by atoms with Gasteiger partial charge in [-0.15, -0.1) is 0 Å². The molecule has 0 radical (unpaired) electrons. The summed E-state index contributed by atoms with van der Waals surface area (Å²) in [6.45, 7) is 6.09. The number of amides is 1. The molecule has 5 aliphatic rings. The van der Waals surface area contributed by atoms with Gasteiger partial charge in [-0.25, -0.2) is 4.79 Å². The van der Waals surface area contributed by atoms with Gasteiger partial charge in [-0.1, -0.05) is 98.8 Å². The Morgan fingerprint density at radius 3 is 2.27 bits per heavy atom. The van der Waals surface area contributed by atoms with Crippen molar-refractivity contribution in [3.05, 3.63) is 130 Å². The van der Waals surface area contributed by atoms with Crippen LogP contribution in [0.25, 0.3) is 0 Å².